The van der Waals surface area contributed by atoms with Crippen molar-refractivity contribution in [2.45, 2.75) is 24.4 Å². The summed E-state index contributed by atoms with van der Waals surface area (Å²) in [5, 5.41) is 32.4. The third-order valence-corrected chi connectivity index (χ3v) is 15.0. The van der Waals surface area contributed by atoms with E-state index in [0.29, 0.717) is 77.5 Å². The van der Waals surface area contributed by atoms with Crippen LogP contribution in [0.3, 0.4) is 0 Å². The fourth-order valence-electron chi connectivity index (χ4n) is 7.22. The molecule has 0 aliphatic carbocycles. The van der Waals surface area contributed by atoms with E-state index in [9.17, 15) is 41.5 Å². The van der Waals surface area contributed by atoms with E-state index >= 15 is 0 Å². The van der Waals surface area contributed by atoms with Gasteiger partial charge in [-0.05, 0) is 138 Å². The van der Waals surface area contributed by atoms with Crippen molar-refractivity contribution in [3.63, 3.8) is 0 Å². The third-order valence-electron chi connectivity index (χ3n) is 11.3. The van der Waals surface area contributed by atoms with Gasteiger partial charge in [0.05, 0.1) is 80.2 Å². The van der Waals surface area contributed by atoms with Crippen LogP contribution in [0, 0.1) is 60.1 Å². The van der Waals surface area contributed by atoms with E-state index in [2.05, 4.69) is 100 Å². The van der Waals surface area contributed by atoms with Gasteiger partial charge in [0, 0.05) is 73.9 Å². The Morgan fingerprint density at radius 2 is 0.967 bits per heavy atom. The van der Waals surface area contributed by atoms with Crippen molar-refractivity contribution in [3.8, 4) is 0 Å². The summed E-state index contributed by atoms with van der Waals surface area (Å²) >= 11 is 23.8. The first-order chi connectivity index (χ1) is 43.1. The van der Waals surface area contributed by atoms with Crippen molar-refractivity contribution in [1.29, 1.82) is 10.5 Å². The fourth-order valence-corrected chi connectivity index (χ4v) is 9.55. The third kappa shape index (κ3) is 29.3. The van der Waals surface area contributed by atoms with Gasteiger partial charge in [0.1, 0.15) is 46.5 Å². The summed E-state index contributed by atoms with van der Waals surface area (Å²) in [4.78, 5) is 68.2. The number of carbonyl (C=O) groups excluding carboxylic acids is 4. The van der Waals surface area contributed by atoms with E-state index in [4.69, 9.17) is 89.8 Å². The standard InChI is InChI=1S/C16H11ClFN3O3S.C12H12FN3O2.C11H12BrFN2O2.C6H5BrFN.C5H3ClO2S.C4H9NO.2CN.ClH.I2.Zn/c1-19-12-3-2-9(6-11(12)18)21-8-10(24-16(21)23)7-20-15(22)13-4-5-14(17)25-13;1-14-6-9-7-16(12(17)18-9)8-3-4-11(15-2)10(13)5-8;1-14-5-8-6-15(11(16)17-8)7-2-3-9(12)10(13)4-7;7-5-2-1-4(9)3-6(5)8;6-4-2-1-3(9-4)5(7)8;1-5-2-4-3-6-4;2*1-2;;1-2;/h2-6,10H,7-8H2,(H,20,22);3-5,9,14H,6-7H2,1H3;2-4,8,14H,5-6H2,1H3;1-3H,9H2;1-2H,(H,7,8);4-5H,2-3H2,1H3;;;1H;;/q;;;;;;2*-1;;;+2/t10-;9-;8-;;;4-;;;;;/m000..0...../s1. The molecule has 4 fully saturated rings. The Balaban J connectivity index is 0.00000111. The van der Waals surface area contributed by atoms with Gasteiger partial charge >= 0.3 is 43.7 Å². The minimum Gasteiger partial charge on any atom is -0.512 e. The maximum atomic E-state index is 13.7. The van der Waals surface area contributed by atoms with E-state index in [1.807, 2.05) is 7.05 Å². The SMILES string of the molecule is CNC[C@H]1CN(c2ccc(Br)c(F)c2)C(=O)O1.CNC[C@H]1CO1.Cl.II.Nc1ccc(Br)c(F)c1.O=C(O)c1ccc(Cl)s1.[C-]#N.[C-]#N.[C-]#[N+]c1ccc(N2C[C@H](CNC(=O)c3ccc(Cl)s3)OC2=O)cc1F.[C-]#[N+]c1ccc(N2C[C@H](CNC)OC2=O)cc1F.[Zn+2]. The minimum atomic E-state index is -0.924. The van der Waals surface area contributed by atoms with Gasteiger partial charge < -0.3 is 74.7 Å². The topological polar surface area (TPSA) is 286 Å². The Morgan fingerprint density at radius 3 is 1.26 bits per heavy atom. The number of anilines is 4. The van der Waals surface area contributed by atoms with Crippen molar-refractivity contribution in [2.24, 2.45) is 0 Å². The van der Waals surface area contributed by atoms with Crippen LogP contribution >= 0.6 is 127 Å². The van der Waals surface area contributed by atoms with Gasteiger partial charge in [0.25, 0.3) is 5.91 Å². The van der Waals surface area contributed by atoms with Gasteiger partial charge in [-0.15, -0.1) is 35.1 Å². The first-order valence-corrected chi connectivity index (χ1v) is 35.4. The zero-order valence-corrected chi connectivity index (χ0v) is 62.7. The molecule has 4 aromatic carbocycles. The summed E-state index contributed by atoms with van der Waals surface area (Å²) in [5.74, 6) is -3.29. The molecule has 0 bridgehead atoms. The maximum Gasteiger partial charge on any atom is 2.00 e. The van der Waals surface area contributed by atoms with Crippen LogP contribution in [0.1, 0.15) is 19.3 Å². The van der Waals surface area contributed by atoms with Crippen LogP contribution in [0.15, 0.2) is 106 Å². The van der Waals surface area contributed by atoms with Crippen LogP contribution < -0.4 is 41.7 Å². The summed E-state index contributed by atoms with van der Waals surface area (Å²) in [6.07, 6.45) is -2.03. The number of epoxide rings is 1. The first kappa shape index (κ1) is 86.3. The number of hydrogen-bond acceptors (Lipinski definition) is 17. The van der Waals surface area contributed by atoms with Crippen molar-refractivity contribution in [1.82, 2.24) is 21.3 Å². The van der Waals surface area contributed by atoms with Crippen molar-refractivity contribution in [3.05, 3.63) is 184 Å². The summed E-state index contributed by atoms with van der Waals surface area (Å²) in [6, 6.07) is 23.3. The zero-order chi connectivity index (χ0) is 67.6. The number of nitrogens with two attached hydrogens (primary N) is 1. The number of nitrogen functional groups attached to an aromatic ring is 1. The van der Waals surface area contributed by atoms with E-state index in [1.54, 1.807) is 62.6 Å². The molecule has 0 saturated carbocycles. The van der Waals surface area contributed by atoms with Crippen LogP contribution in [0.2, 0.25) is 8.67 Å². The van der Waals surface area contributed by atoms with Crippen LogP contribution in [-0.2, 0) is 38.4 Å². The molecule has 0 radical (unpaired) electrons. The number of cyclic esters (lactones) is 3. The molecule has 2 aromatic heterocycles. The summed E-state index contributed by atoms with van der Waals surface area (Å²) < 4.78 is 75.1. The van der Waals surface area contributed by atoms with E-state index in [1.165, 1.54) is 57.2 Å². The summed E-state index contributed by atoms with van der Waals surface area (Å²) in [5.41, 5.74) is 6.75. The Bertz CT molecular complexity index is 3490. The summed E-state index contributed by atoms with van der Waals surface area (Å²) in [6.45, 7) is 27.3. The molecule has 488 valence electrons. The predicted octanol–water partition coefficient (Wildman–Crippen LogP) is 14.2. The molecule has 4 saturated heterocycles. The molecule has 6 aromatic rings. The largest absolute Gasteiger partial charge is 2.00 e. The Kier molecular flexibility index (Phi) is 43.5. The van der Waals surface area contributed by atoms with Crippen LogP contribution in [-0.4, -0.2) is 133 Å². The van der Waals surface area contributed by atoms with Crippen LogP contribution in [0.4, 0.5) is 66.1 Å². The Labute approximate surface area is 604 Å². The number of nitrogens with one attached hydrogen (secondary N) is 4. The molecule has 22 nitrogen and oxygen atoms in total. The first-order valence-electron chi connectivity index (χ1n) is 25.2. The van der Waals surface area contributed by atoms with Crippen molar-refractivity contribution < 1.29 is 85.1 Å². The minimum absolute atomic E-state index is 0. The molecule has 4 amide bonds. The molecule has 0 unspecified atom stereocenters. The number of rotatable bonds is 13. The average Bonchev–Trinajstić information content (AvgIpc) is 1.68. The molecule has 4 atom stereocenters. The van der Waals surface area contributed by atoms with Crippen LogP contribution in [0.25, 0.3) is 9.69 Å². The quantitative estimate of drug-likeness (QED) is 0.0119. The molecule has 6 heterocycles. The second kappa shape index (κ2) is 46.4. The summed E-state index contributed by atoms with van der Waals surface area (Å²) in [7, 11) is 5.48. The second-order valence-corrected chi connectivity index (χ2v) is 22.6. The number of amides is 4. The number of likely N-dealkylation sites (N-methyl/N-ethyl adjacent to an activating group) is 3. The number of carbonyl (C=O) groups is 5. The maximum absolute atomic E-state index is 13.7. The number of carboxylic acid groups (broad SMARTS) is 1. The van der Waals surface area contributed by atoms with Gasteiger partial charge in [0.15, 0.2) is 0 Å². The molecule has 4 aliphatic rings. The van der Waals surface area contributed by atoms with Crippen molar-refractivity contribution >= 4 is 192 Å². The van der Waals surface area contributed by atoms with E-state index in [-0.39, 0.29) is 85.2 Å². The number of thiophene rings is 2. The fraction of sp³-hybridized carbons (Fsp3) is 0.268. The number of carboxylic acids is 1. The Morgan fingerprint density at radius 1 is 0.620 bits per heavy atom. The normalized spacial score (nSPS) is 15.7. The number of hydrogen-bond donors (Lipinski definition) is 6. The van der Waals surface area contributed by atoms with Crippen LogP contribution in [0.5, 0.6) is 0 Å². The van der Waals surface area contributed by atoms with Gasteiger partial charge in [-0.3, -0.25) is 19.5 Å². The number of ether oxygens (including phenoxy) is 4. The monoisotopic (exact) mass is 1770 g/mol. The molecule has 36 heteroatoms. The van der Waals surface area contributed by atoms with Crippen molar-refractivity contribution in [2.75, 3.05) is 94.0 Å². The van der Waals surface area contributed by atoms with E-state index in [0.717, 1.165) is 41.9 Å². The number of nitrogens with zero attached hydrogens (tertiary/aromatic N) is 7. The second-order valence-electron chi connectivity index (χ2n) is 17.5. The number of benzene rings is 4. The van der Waals surface area contributed by atoms with Gasteiger partial charge in [-0.25, -0.2) is 46.4 Å². The zero-order valence-electron chi connectivity index (χ0n) is 48.2. The number of halogens is 11. The predicted molar refractivity (Wildman–Crippen MR) is 365 cm³/mol. The molecule has 92 heavy (non-hydrogen) atoms. The average molecular weight is 1780 g/mol. The smallest absolute Gasteiger partial charge is 0.512 e. The molecule has 10 rings (SSSR count). The molecular formula is C56H53Br2Cl3F4I2N12O10S2Zn. The molecule has 0 spiro atoms. The number of aromatic carboxylic acids is 1. The molecular weight excluding hydrogens is 1730 g/mol. The van der Waals surface area contributed by atoms with Gasteiger partial charge in [-0.1, -0.05) is 35.3 Å². The molecule has 7 N–H and O–H groups in total. The Hall–Kier alpha value is -5.74. The van der Waals surface area contributed by atoms with E-state index < -0.39 is 47.8 Å². The van der Waals surface area contributed by atoms with Gasteiger partial charge in [0.2, 0.25) is 11.4 Å². The molecule has 4 aliphatic heterocycles. The van der Waals surface area contributed by atoms with Gasteiger partial charge in [-0.2, -0.15) is 0 Å².